The summed E-state index contributed by atoms with van der Waals surface area (Å²) in [5.41, 5.74) is -0.314. The Labute approximate surface area is 269 Å². The number of hydrogen-bond acceptors (Lipinski definition) is 9. The molecule has 0 amide bonds. The van der Waals surface area contributed by atoms with Crippen LogP contribution in [0.4, 0.5) is 0 Å². The zero-order chi connectivity index (χ0) is 32.7. The first-order valence-corrected chi connectivity index (χ1v) is 17.8. The number of rotatable bonds is 9. The molecule has 1 aromatic heterocycles. The number of thioether (sulfide) groups is 1. The van der Waals surface area contributed by atoms with Gasteiger partial charge in [0, 0.05) is 11.5 Å². The summed E-state index contributed by atoms with van der Waals surface area (Å²) in [6.45, 7) is 11.6. The number of benzene rings is 3. The van der Waals surface area contributed by atoms with Crippen LogP contribution in [0.15, 0.2) is 83.3 Å². The zero-order valence-electron chi connectivity index (χ0n) is 26.4. The lowest BCUT2D eigenvalue weighted by molar-refractivity contribution is -0.204. The molecule has 1 aliphatic rings. The van der Waals surface area contributed by atoms with Crippen molar-refractivity contribution < 1.29 is 38.8 Å². The van der Waals surface area contributed by atoms with Crippen LogP contribution in [0.1, 0.15) is 57.7 Å². The number of furan rings is 1. The van der Waals surface area contributed by atoms with Crippen molar-refractivity contribution in [2.75, 3.05) is 6.61 Å². The van der Waals surface area contributed by atoms with Gasteiger partial charge in [-0.15, -0.1) is 11.8 Å². The summed E-state index contributed by atoms with van der Waals surface area (Å²) in [5.74, 6) is 0.107. The molecule has 5 atom stereocenters. The first-order chi connectivity index (χ1) is 21.2. The molecule has 0 bridgehead atoms. The van der Waals surface area contributed by atoms with Gasteiger partial charge in [-0.05, 0) is 48.3 Å². The molecule has 5 rings (SSSR count). The van der Waals surface area contributed by atoms with Crippen LogP contribution in [0.3, 0.4) is 0 Å². The van der Waals surface area contributed by atoms with Crippen molar-refractivity contribution in [2.45, 2.75) is 81.2 Å². The van der Waals surface area contributed by atoms with Crippen LogP contribution in [-0.4, -0.2) is 71.0 Å². The number of ether oxygens (including phenoxy) is 1. The summed E-state index contributed by atoms with van der Waals surface area (Å²) in [7, 11) is -2.96. The lowest BCUT2D eigenvalue weighted by Gasteiger charge is -2.46. The minimum atomic E-state index is -2.96. The number of carbonyl (C=O) groups excluding carboxylic acids is 1. The van der Waals surface area contributed by atoms with Gasteiger partial charge in [0.2, 0.25) is 0 Å². The van der Waals surface area contributed by atoms with Crippen molar-refractivity contribution in [2.24, 2.45) is 0 Å². The van der Waals surface area contributed by atoms with E-state index >= 15 is 0 Å². The maximum absolute atomic E-state index is 11.9. The average Bonchev–Trinajstić information content (AvgIpc) is 3.42. The van der Waals surface area contributed by atoms with Crippen molar-refractivity contribution in [3.63, 3.8) is 0 Å². The maximum Gasteiger partial charge on any atom is 0.261 e. The third-order valence-electron chi connectivity index (χ3n) is 8.57. The van der Waals surface area contributed by atoms with Gasteiger partial charge < -0.3 is 34.0 Å². The van der Waals surface area contributed by atoms with Crippen molar-refractivity contribution in [1.29, 1.82) is 0 Å². The Hall–Kier alpha value is -2.96. The summed E-state index contributed by atoms with van der Waals surface area (Å²) in [6.07, 6.45) is -5.15. The molecule has 4 N–H and O–H groups in total. The molecule has 2 heterocycles. The molecule has 0 aliphatic carbocycles. The number of fused-ring (bicyclic) bond motifs is 1. The summed E-state index contributed by atoms with van der Waals surface area (Å²) in [5, 5.41) is 45.9. The lowest BCUT2D eigenvalue weighted by Crippen LogP contribution is -2.68. The summed E-state index contributed by atoms with van der Waals surface area (Å²) >= 11 is 1.24. The Kier molecular flexibility index (Phi) is 9.41. The molecular formula is C35H42O8SSi. The van der Waals surface area contributed by atoms with Crippen molar-refractivity contribution in [1.82, 2.24) is 0 Å². The van der Waals surface area contributed by atoms with Crippen LogP contribution >= 0.6 is 11.8 Å². The Bertz CT molecular complexity index is 1590. The Morgan fingerprint density at radius 3 is 1.98 bits per heavy atom. The van der Waals surface area contributed by atoms with E-state index in [1.807, 2.05) is 50.2 Å². The van der Waals surface area contributed by atoms with E-state index in [0.29, 0.717) is 16.7 Å². The molecular weight excluding hydrogens is 609 g/mol. The molecule has 0 saturated carbocycles. The predicted octanol–water partition coefficient (Wildman–Crippen LogP) is 4.69. The summed E-state index contributed by atoms with van der Waals surface area (Å²) < 4.78 is 18.6. The van der Waals surface area contributed by atoms with Crippen LogP contribution < -0.4 is 10.4 Å². The van der Waals surface area contributed by atoms with Crippen LogP contribution in [-0.2, 0) is 13.9 Å². The summed E-state index contributed by atoms with van der Waals surface area (Å²) in [6, 6.07) is 25.0. The fraction of sp³-hybridized carbons (Fsp3) is 0.400. The monoisotopic (exact) mass is 650 g/mol. The second kappa shape index (κ2) is 12.7. The normalized spacial score (nSPS) is 22.9. The maximum atomic E-state index is 11.9. The highest BCUT2D eigenvalue weighted by Gasteiger charge is 2.52. The Balaban J connectivity index is 1.43. The number of phenolic OH excluding ortho intramolecular Hbond substituents is 1. The number of Topliss-reactive ketones (excluding diaryl/α,β-unsaturated/α-hetero) is 1. The van der Waals surface area contributed by atoms with Gasteiger partial charge >= 0.3 is 0 Å². The van der Waals surface area contributed by atoms with Crippen LogP contribution in [0.2, 0.25) is 5.04 Å². The molecule has 1 aliphatic heterocycles. The fourth-order valence-corrected chi connectivity index (χ4v) is 12.0. The molecule has 0 spiro atoms. The molecule has 1 fully saturated rings. The van der Waals surface area contributed by atoms with Crippen LogP contribution in [0, 0.1) is 0 Å². The standard InChI is InChI=1S/C35H42O8SSi/c1-21(36)25-17-22-18-29(42-27(22)19-26(25)37)35(5,6)44-33-32(40)31(39)30(38)28(43-33)20-41-45(34(2,3)4,23-13-9-7-10-14-23)24-15-11-8-12-16-24/h7-19,28,30-33,37-40H,20H2,1-6H3/t28-,30+,31-,32-,33+/m1/s1. The van der Waals surface area contributed by atoms with E-state index < -0.39 is 42.9 Å². The van der Waals surface area contributed by atoms with E-state index in [0.717, 1.165) is 10.4 Å². The molecule has 45 heavy (non-hydrogen) atoms. The lowest BCUT2D eigenvalue weighted by atomic mass is 10.0. The molecule has 0 radical (unpaired) electrons. The number of aromatic hydroxyl groups is 1. The minimum Gasteiger partial charge on any atom is -0.507 e. The van der Waals surface area contributed by atoms with E-state index in [4.69, 9.17) is 13.6 Å². The van der Waals surface area contributed by atoms with Crippen LogP contribution in [0.25, 0.3) is 11.0 Å². The second-order valence-corrected chi connectivity index (χ2v) is 19.2. The highest BCUT2D eigenvalue weighted by Crippen LogP contribution is 2.45. The van der Waals surface area contributed by atoms with Gasteiger partial charge in [-0.1, -0.05) is 81.4 Å². The second-order valence-electron chi connectivity index (χ2n) is 13.2. The first kappa shape index (κ1) is 33.4. The van der Waals surface area contributed by atoms with Crippen molar-refractivity contribution in [3.8, 4) is 5.75 Å². The van der Waals surface area contributed by atoms with Crippen molar-refractivity contribution in [3.05, 3.63) is 90.2 Å². The minimum absolute atomic E-state index is 0.00649. The number of phenols is 1. The van der Waals surface area contributed by atoms with Gasteiger partial charge in [0.05, 0.1) is 16.9 Å². The number of ketones is 1. The number of aliphatic hydroxyl groups is 3. The third kappa shape index (κ3) is 6.38. The SMILES string of the molecule is CC(=O)c1cc2cc(C(C)(C)S[C@@H]3O[C@H](CO[Si](c4ccccc4)(c4ccccc4)C(C)(C)C)[C@H](O)[C@@H](O)[C@H]3O)oc2cc1O. The van der Waals surface area contributed by atoms with E-state index in [1.54, 1.807) is 12.1 Å². The molecule has 4 aromatic rings. The molecule has 8 nitrogen and oxygen atoms in total. The van der Waals surface area contributed by atoms with E-state index in [9.17, 15) is 25.2 Å². The third-order valence-corrected chi connectivity index (χ3v) is 15.0. The first-order valence-electron chi connectivity index (χ1n) is 15.1. The molecule has 10 heteroatoms. The van der Waals surface area contributed by atoms with Crippen molar-refractivity contribution >= 4 is 47.2 Å². The van der Waals surface area contributed by atoms with Gasteiger partial charge in [-0.3, -0.25) is 4.79 Å². The molecule has 240 valence electrons. The summed E-state index contributed by atoms with van der Waals surface area (Å²) in [4.78, 5) is 11.9. The molecule has 3 aromatic carbocycles. The van der Waals surface area contributed by atoms with Gasteiger partial charge in [-0.25, -0.2) is 0 Å². The quantitative estimate of drug-likeness (QED) is 0.151. The largest absolute Gasteiger partial charge is 0.507 e. The molecule has 1 saturated heterocycles. The predicted molar refractivity (Wildman–Crippen MR) is 179 cm³/mol. The molecule has 0 unspecified atom stereocenters. The number of aliphatic hydroxyl groups excluding tert-OH is 3. The topological polar surface area (TPSA) is 130 Å². The fourth-order valence-electron chi connectivity index (χ4n) is 6.12. The Morgan fingerprint density at radius 1 is 0.867 bits per heavy atom. The van der Waals surface area contributed by atoms with Crippen LogP contribution in [0.5, 0.6) is 5.75 Å². The van der Waals surface area contributed by atoms with Gasteiger partial charge in [0.25, 0.3) is 8.32 Å². The average molecular weight is 651 g/mol. The number of carbonyl (C=O) groups is 1. The zero-order valence-corrected chi connectivity index (χ0v) is 28.2. The van der Waals surface area contributed by atoms with Gasteiger partial charge in [-0.2, -0.15) is 0 Å². The smallest absolute Gasteiger partial charge is 0.261 e. The highest BCUT2D eigenvalue weighted by molar-refractivity contribution is 8.00. The van der Waals surface area contributed by atoms with Gasteiger partial charge in [0.15, 0.2) is 5.78 Å². The Morgan fingerprint density at radius 2 is 1.44 bits per heavy atom. The van der Waals surface area contributed by atoms with Gasteiger partial charge in [0.1, 0.15) is 46.9 Å². The van der Waals surface area contributed by atoms with E-state index in [2.05, 4.69) is 45.0 Å². The number of hydrogen-bond donors (Lipinski definition) is 4. The van der Waals surface area contributed by atoms with E-state index in [1.165, 1.54) is 24.8 Å². The highest BCUT2D eigenvalue weighted by atomic mass is 32.2. The van der Waals surface area contributed by atoms with E-state index in [-0.39, 0.29) is 28.7 Å².